The lowest BCUT2D eigenvalue weighted by molar-refractivity contribution is 0.0993. The van der Waals surface area contributed by atoms with E-state index in [4.69, 9.17) is 14.5 Å². The molecule has 7 heteroatoms. The minimum Gasteiger partial charge on any atom is -0.497 e. The highest BCUT2D eigenvalue weighted by Crippen LogP contribution is 2.42. The smallest absolute Gasteiger partial charge is 0.258 e. The van der Waals surface area contributed by atoms with Gasteiger partial charge in [-0.1, -0.05) is 0 Å². The van der Waals surface area contributed by atoms with Crippen LogP contribution in [0.3, 0.4) is 0 Å². The van der Waals surface area contributed by atoms with E-state index in [0.29, 0.717) is 10.0 Å². The van der Waals surface area contributed by atoms with Crippen molar-refractivity contribution in [3.05, 3.63) is 77.9 Å². The average molecular weight is 472 g/mol. The maximum Gasteiger partial charge on any atom is 0.258 e. The summed E-state index contributed by atoms with van der Waals surface area (Å²) in [6.45, 7) is 3.28. The molecular formula is C28H31N4O3+. The van der Waals surface area contributed by atoms with Gasteiger partial charge in [-0.2, -0.15) is 4.99 Å². The number of ether oxygens (including phenoxy) is 2. The minimum absolute atomic E-state index is 0.0502. The van der Waals surface area contributed by atoms with Crippen LogP contribution < -0.4 is 19.0 Å². The number of methoxy groups -OCH3 is 1. The lowest BCUT2D eigenvalue weighted by Crippen LogP contribution is -2.44. The van der Waals surface area contributed by atoms with Crippen molar-refractivity contribution < 1.29 is 14.3 Å². The fraction of sp³-hybridized carbons (Fsp3) is 0.286. The van der Waals surface area contributed by atoms with Gasteiger partial charge in [0.25, 0.3) is 5.91 Å². The predicted octanol–water partition coefficient (Wildman–Crippen LogP) is 4.47. The van der Waals surface area contributed by atoms with E-state index >= 15 is 0 Å². The number of morpholine rings is 1. The molecule has 0 unspecified atom stereocenters. The summed E-state index contributed by atoms with van der Waals surface area (Å²) in [6, 6.07) is 21.8. The zero-order chi connectivity index (χ0) is 24.6. The monoisotopic (exact) mass is 471 g/mol. The number of quaternary nitrogens is 1. The number of amides is 1. The number of hydrogen-bond donors (Lipinski definition) is 0. The van der Waals surface area contributed by atoms with Crippen molar-refractivity contribution >= 4 is 34.5 Å². The average Bonchev–Trinajstić information content (AvgIpc) is 3.18. The minimum atomic E-state index is -0.0502. The third kappa shape index (κ3) is 4.29. The standard InChI is InChI=1S/C28H31N4O3/c1-30(22-9-11-23(12-10-22)31-15-17-35-18-16-31)28(33)21-7-5-20(6-8-21)27-29-25-19-24(34-4)13-14-26(25)32(27,2)3/h5-14,19H,15-18H2,1-4H3/q+1. The van der Waals surface area contributed by atoms with E-state index in [1.807, 2.05) is 55.6 Å². The molecule has 0 aromatic heterocycles. The Morgan fingerprint density at radius 1 is 1.00 bits per heavy atom. The Morgan fingerprint density at radius 2 is 1.69 bits per heavy atom. The predicted molar refractivity (Wildman–Crippen MR) is 141 cm³/mol. The Morgan fingerprint density at radius 3 is 2.34 bits per heavy atom. The summed E-state index contributed by atoms with van der Waals surface area (Å²) in [5.74, 6) is 1.67. The molecule has 35 heavy (non-hydrogen) atoms. The summed E-state index contributed by atoms with van der Waals surface area (Å²) < 4.78 is 11.3. The van der Waals surface area contributed by atoms with Crippen molar-refractivity contribution in [3.8, 4) is 5.75 Å². The van der Waals surface area contributed by atoms with Gasteiger partial charge in [-0.25, -0.2) is 4.48 Å². The molecule has 0 atom stereocenters. The normalized spacial score (nSPS) is 16.5. The molecule has 0 N–H and O–H groups in total. The summed E-state index contributed by atoms with van der Waals surface area (Å²) in [5, 5.41) is 0. The van der Waals surface area contributed by atoms with E-state index in [1.165, 1.54) is 0 Å². The molecule has 0 spiro atoms. The topological polar surface area (TPSA) is 54.4 Å². The van der Waals surface area contributed by atoms with Crippen molar-refractivity contribution in [3.63, 3.8) is 0 Å². The second kappa shape index (κ2) is 9.17. The number of aliphatic imine (C=N–C) groups is 1. The van der Waals surface area contributed by atoms with Crippen molar-refractivity contribution in [2.75, 3.05) is 64.4 Å². The van der Waals surface area contributed by atoms with Gasteiger partial charge in [0.1, 0.15) is 11.4 Å². The maximum atomic E-state index is 13.2. The summed E-state index contributed by atoms with van der Waals surface area (Å²) in [6.07, 6.45) is 0. The lowest BCUT2D eigenvalue weighted by atomic mass is 10.1. The van der Waals surface area contributed by atoms with Crippen molar-refractivity contribution in [2.24, 2.45) is 4.99 Å². The Labute approximate surface area is 206 Å². The molecule has 2 aliphatic rings. The van der Waals surface area contributed by atoms with Gasteiger partial charge in [-0.3, -0.25) is 4.79 Å². The molecule has 1 fully saturated rings. The zero-order valence-corrected chi connectivity index (χ0v) is 20.7. The summed E-state index contributed by atoms with van der Waals surface area (Å²) in [5.41, 5.74) is 5.65. The highest BCUT2D eigenvalue weighted by Gasteiger charge is 2.37. The van der Waals surface area contributed by atoms with Crippen LogP contribution in [0, 0.1) is 0 Å². The Balaban J connectivity index is 1.32. The maximum absolute atomic E-state index is 13.2. The fourth-order valence-electron chi connectivity index (χ4n) is 4.71. The molecule has 1 amide bonds. The van der Waals surface area contributed by atoms with Crippen LogP contribution in [0.5, 0.6) is 5.75 Å². The summed E-state index contributed by atoms with van der Waals surface area (Å²) >= 11 is 0. The summed E-state index contributed by atoms with van der Waals surface area (Å²) in [7, 11) is 7.70. The van der Waals surface area contributed by atoms with Crippen LogP contribution in [0.15, 0.2) is 71.7 Å². The van der Waals surface area contributed by atoms with Crippen molar-refractivity contribution in [2.45, 2.75) is 0 Å². The van der Waals surface area contributed by atoms with E-state index in [-0.39, 0.29) is 5.91 Å². The van der Waals surface area contributed by atoms with Crippen molar-refractivity contribution in [1.29, 1.82) is 0 Å². The molecule has 0 bridgehead atoms. The van der Waals surface area contributed by atoms with Gasteiger partial charge in [0.15, 0.2) is 5.69 Å². The first-order valence-electron chi connectivity index (χ1n) is 11.8. The van der Waals surface area contributed by atoms with E-state index in [2.05, 4.69) is 37.2 Å². The van der Waals surface area contributed by atoms with Crippen LogP contribution in [-0.2, 0) is 4.74 Å². The number of fused-ring (bicyclic) bond motifs is 1. The number of amidine groups is 1. The quantitative estimate of drug-likeness (QED) is 0.516. The number of nitrogens with zero attached hydrogens (tertiary/aromatic N) is 4. The van der Waals surface area contributed by atoms with E-state index in [0.717, 1.165) is 66.2 Å². The lowest BCUT2D eigenvalue weighted by Gasteiger charge is -2.29. The van der Waals surface area contributed by atoms with Gasteiger partial charge in [-0.05, 0) is 54.6 Å². The Bertz CT molecular complexity index is 1260. The van der Waals surface area contributed by atoms with Crippen LogP contribution in [-0.4, -0.2) is 66.3 Å². The molecule has 2 aliphatic heterocycles. The second-order valence-electron chi connectivity index (χ2n) is 9.30. The van der Waals surface area contributed by atoms with E-state index in [9.17, 15) is 4.79 Å². The molecule has 3 aromatic carbocycles. The third-order valence-corrected chi connectivity index (χ3v) is 6.85. The number of anilines is 2. The van der Waals surface area contributed by atoms with Crippen LogP contribution in [0.2, 0.25) is 0 Å². The molecule has 0 radical (unpaired) electrons. The number of benzene rings is 3. The van der Waals surface area contributed by atoms with Gasteiger partial charge in [0.05, 0.1) is 40.0 Å². The third-order valence-electron chi connectivity index (χ3n) is 6.85. The molecule has 5 rings (SSSR count). The Kier molecular flexibility index (Phi) is 6.05. The first-order valence-corrected chi connectivity index (χ1v) is 11.8. The number of carbonyl (C=O) groups excluding carboxylic acids is 1. The van der Waals surface area contributed by atoms with Crippen molar-refractivity contribution in [1.82, 2.24) is 4.48 Å². The molecule has 0 saturated carbocycles. The SMILES string of the molecule is COc1ccc2c(c1)N=C(c1ccc(C(=O)N(C)c3ccc(N4CCOCC4)cc3)cc1)[N+]2(C)C. The van der Waals surface area contributed by atoms with Crippen LogP contribution >= 0.6 is 0 Å². The zero-order valence-electron chi connectivity index (χ0n) is 20.7. The van der Waals surface area contributed by atoms with Crippen LogP contribution in [0.1, 0.15) is 15.9 Å². The number of hydrogen-bond acceptors (Lipinski definition) is 5. The molecule has 180 valence electrons. The van der Waals surface area contributed by atoms with Crippen LogP contribution in [0.4, 0.5) is 22.7 Å². The molecular weight excluding hydrogens is 440 g/mol. The molecule has 3 aromatic rings. The van der Waals surface area contributed by atoms with E-state index < -0.39 is 0 Å². The second-order valence-corrected chi connectivity index (χ2v) is 9.30. The highest BCUT2D eigenvalue weighted by molar-refractivity contribution is 6.13. The molecule has 1 saturated heterocycles. The van der Waals surface area contributed by atoms with Gasteiger partial charge in [0, 0.05) is 49.2 Å². The van der Waals surface area contributed by atoms with Gasteiger partial charge in [-0.15, -0.1) is 0 Å². The first-order chi connectivity index (χ1) is 16.9. The van der Waals surface area contributed by atoms with Crippen LogP contribution in [0.25, 0.3) is 0 Å². The molecule has 0 aliphatic carbocycles. The Hall–Kier alpha value is -3.68. The largest absolute Gasteiger partial charge is 0.497 e. The first kappa shape index (κ1) is 23.1. The van der Waals surface area contributed by atoms with Gasteiger partial charge >= 0.3 is 0 Å². The van der Waals surface area contributed by atoms with Gasteiger partial charge < -0.3 is 19.3 Å². The molecule has 7 nitrogen and oxygen atoms in total. The van der Waals surface area contributed by atoms with Gasteiger partial charge in [0.2, 0.25) is 5.84 Å². The van der Waals surface area contributed by atoms with E-state index in [1.54, 1.807) is 12.0 Å². The molecule has 2 heterocycles. The summed E-state index contributed by atoms with van der Waals surface area (Å²) in [4.78, 5) is 22.1. The highest BCUT2D eigenvalue weighted by atomic mass is 16.5. The number of carbonyl (C=O) groups is 1. The number of rotatable bonds is 5. The fourth-order valence-corrected chi connectivity index (χ4v) is 4.71.